The third kappa shape index (κ3) is 3.69. The quantitative estimate of drug-likeness (QED) is 0.491. The number of rotatable bonds is 5. The van der Waals surface area contributed by atoms with Gasteiger partial charge in [-0.05, 0) is 53.8 Å². The molecule has 3 aromatic rings. The Morgan fingerprint density at radius 2 is 1.76 bits per heavy atom. The van der Waals surface area contributed by atoms with Gasteiger partial charge in [-0.2, -0.15) is 0 Å². The summed E-state index contributed by atoms with van der Waals surface area (Å²) in [6.45, 7) is 2.08. The molecule has 0 atom stereocenters. The second-order valence-corrected chi connectivity index (χ2v) is 8.24. The molecule has 0 saturated carbocycles. The first-order valence-corrected chi connectivity index (χ1v) is 10.6. The normalized spacial score (nSPS) is 14.1. The Labute approximate surface area is 182 Å². The number of amides is 2. The van der Waals surface area contributed by atoms with Crippen LogP contribution in [0.2, 0.25) is 10.0 Å². The number of anilines is 2. The maximum absolute atomic E-state index is 13.3. The van der Waals surface area contributed by atoms with Crippen LogP contribution in [0.5, 0.6) is 0 Å². The molecule has 1 aromatic heterocycles. The van der Waals surface area contributed by atoms with E-state index in [4.69, 9.17) is 23.2 Å². The lowest BCUT2D eigenvalue weighted by Crippen LogP contribution is -2.32. The SMILES string of the molecule is CCc1ccc(NC2=C(c3cccs3)C(=O)N(c3cc(Cl)ccc3Cl)C2=O)cc1. The highest BCUT2D eigenvalue weighted by molar-refractivity contribution is 7.11. The Hall–Kier alpha value is -2.60. The van der Waals surface area contributed by atoms with E-state index in [0.29, 0.717) is 15.5 Å². The molecule has 0 radical (unpaired) electrons. The molecule has 2 amide bonds. The number of hydrogen-bond donors (Lipinski definition) is 1. The monoisotopic (exact) mass is 442 g/mol. The van der Waals surface area contributed by atoms with Crippen LogP contribution in [0, 0.1) is 0 Å². The Morgan fingerprint density at radius 1 is 1.00 bits per heavy atom. The molecule has 0 unspecified atom stereocenters. The highest BCUT2D eigenvalue weighted by atomic mass is 35.5. The van der Waals surface area contributed by atoms with Crippen LogP contribution >= 0.6 is 34.5 Å². The molecule has 1 aliphatic rings. The van der Waals surface area contributed by atoms with Gasteiger partial charge in [0.1, 0.15) is 5.70 Å². The van der Waals surface area contributed by atoms with Crippen LogP contribution < -0.4 is 10.2 Å². The lowest BCUT2D eigenvalue weighted by molar-refractivity contribution is -0.120. The van der Waals surface area contributed by atoms with Gasteiger partial charge in [0.2, 0.25) is 0 Å². The summed E-state index contributed by atoms with van der Waals surface area (Å²) in [5.74, 6) is -0.906. The Bertz CT molecular complexity index is 1120. The van der Waals surface area contributed by atoms with Gasteiger partial charge in [0.05, 0.1) is 16.3 Å². The smallest absolute Gasteiger partial charge is 0.282 e. The van der Waals surface area contributed by atoms with Crippen LogP contribution in [0.4, 0.5) is 11.4 Å². The van der Waals surface area contributed by atoms with Crippen LogP contribution in [0.1, 0.15) is 17.4 Å². The molecule has 29 heavy (non-hydrogen) atoms. The van der Waals surface area contributed by atoms with Crippen molar-refractivity contribution in [2.45, 2.75) is 13.3 Å². The lowest BCUT2D eigenvalue weighted by Gasteiger charge is -2.17. The van der Waals surface area contributed by atoms with Gasteiger partial charge in [-0.15, -0.1) is 11.3 Å². The molecule has 1 N–H and O–H groups in total. The average Bonchev–Trinajstić information content (AvgIpc) is 3.32. The van der Waals surface area contributed by atoms with E-state index in [9.17, 15) is 9.59 Å². The third-order valence-electron chi connectivity index (χ3n) is 4.63. The van der Waals surface area contributed by atoms with Gasteiger partial charge in [-0.25, -0.2) is 4.90 Å². The fourth-order valence-electron chi connectivity index (χ4n) is 3.14. The van der Waals surface area contributed by atoms with Crippen molar-refractivity contribution >= 4 is 63.3 Å². The summed E-state index contributed by atoms with van der Waals surface area (Å²) in [5.41, 5.74) is 2.72. The number of imide groups is 1. The summed E-state index contributed by atoms with van der Waals surface area (Å²) >= 11 is 13.8. The van der Waals surface area contributed by atoms with Crippen molar-refractivity contribution in [2.24, 2.45) is 0 Å². The van der Waals surface area contributed by atoms with E-state index in [1.54, 1.807) is 12.1 Å². The molecule has 0 fully saturated rings. The predicted octanol–water partition coefficient (Wildman–Crippen LogP) is 6.01. The molecule has 2 aromatic carbocycles. The van der Waals surface area contributed by atoms with Gasteiger partial charge >= 0.3 is 0 Å². The van der Waals surface area contributed by atoms with Crippen LogP contribution in [0.3, 0.4) is 0 Å². The van der Waals surface area contributed by atoms with Gasteiger partial charge in [-0.1, -0.05) is 48.3 Å². The van der Waals surface area contributed by atoms with Crippen molar-refractivity contribution < 1.29 is 9.59 Å². The zero-order chi connectivity index (χ0) is 20.5. The average molecular weight is 443 g/mol. The predicted molar refractivity (Wildman–Crippen MR) is 120 cm³/mol. The number of halogens is 2. The van der Waals surface area contributed by atoms with Crippen molar-refractivity contribution in [3.05, 3.63) is 86.2 Å². The highest BCUT2D eigenvalue weighted by Gasteiger charge is 2.41. The number of nitrogens with one attached hydrogen (secondary N) is 1. The Balaban J connectivity index is 1.79. The summed E-state index contributed by atoms with van der Waals surface area (Å²) in [4.78, 5) is 28.4. The minimum absolute atomic E-state index is 0.220. The molecule has 7 heteroatoms. The number of carbonyl (C=O) groups excluding carboxylic acids is 2. The lowest BCUT2D eigenvalue weighted by atomic mass is 10.1. The summed E-state index contributed by atoms with van der Waals surface area (Å²) in [6.07, 6.45) is 0.919. The standard InChI is InChI=1S/C22H16Cl2N2O2S/c1-2-13-5-8-15(9-6-13)25-20-19(18-4-3-11-29-18)21(27)26(22(20)28)17-12-14(23)7-10-16(17)24/h3-12,25H,2H2,1H3. The van der Waals surface area contributed by atoms with E-state index < -0.39 is 11.8 Å². The van der Waals surface area contributed by atoms with Crippen LogP contribution in [-0.2, 0) is 16.0 Å². The second-order valence-electron chi connectivity index (χ2n) is 6.44. The number of carbonyl (C=O) groups is 2. The highest BCUT2D eigenvalue weighted by Crippen LogP contribution is 2.38. The zero-order valence-electron chi connectivity index (χ0n) is 15.4. The summed E-state index contributed by atoms with van der Waals surface area (Å²) in [6, 6.07) is 16.1. The van der Waals surface area contributed by atoms with E-state index in [1.807, 2.05) is 41.8 Å². The first-order chi connectivity index (χ1) is 14.0. The fraction of sp³-hybridized carbons (Fsp3) is 0.0909. The molecular weight excluding hydrogens is 427 g/mol. The zero-order valence-corrected chi connectivity index (χ0v) is 17.7. The minimum atomic E-state index is -0.470. The summed E-state index contributed by atoms with van der Waals surface area (Å²) in [7, 11) is 0. The summed E-state index contributed by atoms with van der Waals surface area (Å²) in [5, 5.41) is 5.67. The van der Waals surface area contributed by atoms with Crippen LogP contribution in [-0.4, -0.2) is 11.8 Å². The molecule has 0 spiro atoms. The first kappa shape index (κ1) is 19.7. The number of aryl methyl sites for hydroxylation is 1. The second kappa shape index (κ2) is 8.03. The van der Waals surface area contributed by atoms with E-state index >= 15 is 0 Å². The molecule has 146 valence electrons. The number of hydrogen-bond acceptors (Lipinski definition) is 4. The Kier molecular flexibility index (Phi) is 5.46. The van der Waals surface area contributed by atoms with Gasteiger partial charge < -0.3 is 5.32 Å². The number of benzene rings is 2. The molecule has 1 aliphatic heterocycles. The molecule has 4 rings (SSSR count). The van der Waals surface area contributed by atoms with Gasteiger partial charge in [-0.3, -0.25) is 9.59 Å². The molecule has 4 nitrogen and oxygen atoms in total. The fourth-order valence-corrected chi connectivity index (χ4v) is 4.28. The van der Waals surface area contributed by atoms with Gasteiger partial charge in [0, 0.05) is 15.6 Å². The first-order valence-electron chi connectivity index (χ1n) is 8.97. The maximum Gasteiger partial charge on any atom is 0.282 e. The van der Waals surface area contributed by atoms with Gasteiger partial charge in [0.15, 0.2) is 0 Å². The van der Waals surface area contributed by atoms with E-state index in [0.717, 1.165) is 17.0 Å². The topological polar surface area (TPSA) is 49.4 Å². The van der Waals surface area contributed by atoms with Crippen molar-refractivity contribution in [3.8, 4) is 0 Å². The number of nitrogens with zero attached hydrogens (tertiary/aromatic N) is 1. The number of thiophene rings is 1. The molecule has 0 bridgehead atoms. The Morgan fingerprint density at radius 3 is 2.41 bits per heavy atom. The molecule has 2 heterocycles. The van der Waals surface area contributed by atoms with E-state index in [1.165, 1.54) is 23.0 Å². The maximum atomic E-state index is 13.3. The van der Waals surface area contributed by atoms with Crippen molar-refractivity contribution in [3.63, 3.8) is 0 Å². The van der Waals surface area contributed by atoms with Crippen LogP contribution in [0.15, 0.2) is 65.7 Å². The van der Waals surface area contributed by atoms with Gasteiger partial charge in [0.25, 0.3) is 11.8 Å². The van der Waals surface area contributed by atoms with Crippen LogP contribution in [0.25, 0.3) is 5.57 Å². The third-order valence-corrected chi connectivity index (χ3v) is 6.07. The molecule has 0 saturated heterocycles. The van der Waals surface area contributed by atoms with Crippen molar-refractivity contribution in [1.82, 2.24) is 0 Å². The molecular formula is C22H16Cl2N2O2S. The van der Waals surface area contributed by atoms with Crippen molar-refractivity contribution in [2.75, 3.05) is 10.2 Å². The van der Waals surface area contributed by atoms with E-state index in [2.05, 4.69) is 12.2 Å². The minimum Gasteiger partial charge on any atom is -0.350 e. The van der Waals surface area contributed by atoms with Crippen molar-refractivity contribution in [1.29, 1.82) is 0 Å². The largest absolute Gasteiger partial charge is 0.350 e. The summed E-state index contributed by atoms with van der Waals surface area (Å²) < 4.78 is 0. The molecule has 0 aliphatic carbocycles. The van der Waals surface area contributed by atoms with E-state index in [-0.39, 0.29) is 16.4 Å².